The van der Waals surface area contributed by atoms with Crippen LogP contribution in [0.25, 0.3) is 16.6 Å². The van der Waals surface area contributed by atoms with Crippen LogP contribution in [-0.2, 0) is 0 Å². The molecule has 5 heterocycles. The van der Waals surface area contributed by atoms with Crippen molar-refractivity contribution < 1.29 is 14.2 Å². The zero-order valence-corrected chi connectivity index (χ0v) is 17.5. The Morgan fingerprint density at radius 1 is 1.35 bits per heavy atom. The number of aromatic hydroxyl groups is 1. The highest BCUT2D eigenvalue weighted by atomic mass is 19.1. The van der Waals surface area contributed by atoms with Gasteiger partial charge in [-0.3, -0.25) is 9.55 Å². The zero-order chi connectivity index (χ0) is 21.9. The Kier molecular flexibility index (Phi) is 4.54. The fraction of sp³-hybridized carbons (Fsp3) is 0.429. The van der Waals surface area contributed by atoms with Crippen LogP contribution in [0.2, 0.25) is 0 Å². The van der Waals surface area contributed by atoms with Crippen LogP contribution in [0.1, 0.15) is 31.0 Å². The molecule has 10 heteroatoms. The number of aryl methyl sites for hydroxylation is 1. The Hall–Kier alpha value is -3.27. The Morgan fingerprint density at radius 2 is 2.16 bits per heavy atom. The third-order valence-electron chi connectivity index (χ3n) is 5.86. The van der Waals surface area contributed by atoms with Gasteiger partial charge in [-0.2, -0.15) is 14.4 Å². The number of hydrogen-bond acceptors (Lipinski definition) is 8. The highest BCUT2D eigenvalue weighted by Gasteiger charge is 2.34. The summed E-state index contributed by atoms with van der Waals surface area (Å²) >= 11 is 0. The van der Waals surface area contributed by atoms with E-state index in [9.17, 15) is 9.90 Å². The van der Waals surface area contributed by atoms with Crippen LogP contribution in [0.5, 0.6) is 11.8 Å². The molecule has 0 aromatic carbocycles. The van der Waals surface area contributed by atoms with Crippen molar-refractivity contribution in [2.75, 3.05) is 31.1 Å². The molecule has 0 saturated carbocycles. The quantitative estimate of drug-likeness (QED) is 0.637. The maximum atomic E-state index is 15.5. The zero-order valence-electron chi connectivity index (χ0n) is 17.5. The summed E-state index contributed by atoms with van der Waals surface area (Å²) < 4.78 is 22.5. The molecule has 0 radical (unpaired) electrons. The first-order valence-corrected chi connectivity index (χ1v) is 10.3. The fourth-order valence-electron chi connectivity index (χ4n) is 4.39. The van der Waals surface area contributed by atoms with Gasteiger partial charge in [-0.1, -0.05) is 13.8 Å². The smallest absolute Gasteiger partial charge is 0.354 e. The van der Waals surface area contributed by atoms with E-state index in [4.69, 9.17) is 4.74 Å². The SMILES string of the molecule is Cc1ccnc(C(C)C)c1-n1c(=O)nc2c3c(nc(O)c(F)c31)OC[C@@H]1CNCCN21. The molecule has 2 N–H and O–H groups in total. The van der Waals surface area contributed by atoms with Gasteiger partial charge in [-0.25, -0.2) is 4.79 Å². The molecule has 2 aliphatic rings. The van der Waals surface area contributed by atoms with E-state index < -0.39 is 17.4 Å². The molecular formula is C21H23FN6O3. The molecule has 1 saturated heterocycles. The molecule has 0 unspecified atom stereocenters. The minimum Gasteiger partial charge on any atom is -0.491 e. The van der Waals surface area contributed by atoms with Gasteiger partial charge in [0.15, 0.2) is 0 Å². The van der Waals surface area contributed by atoms with Gasteiger partial charge in [0.05, 0.1) is 17.4 Å². The molecule has 0 bridgehead atoms. The lowest BCUT2D eigenvalue weighted by atomic mass is 10.0. The van der Waals surface area contributed by atoms with Crippen molar-refractivity contribution in [1.82, 2.24) is 24.8 Å². The molecule has 9 nitrogen and oxygen atoms in total. The second-order valence-corrected chi connectivity index (χ2v) is 8.21. The molecule has 31 heavy (non-hydrogen) atoms. The topological polar surface area (TPSA) is 105 Å². The Labute approximate surface area is 177 Å². The highest BCUT2D eigenvalue weighted by Crippen LogP contribution is 2.40. The van der Waals surface area contributed by atoms with E-state index in [-0.39, 0.29) is 35.3 Å². The van der Waals surface area contributed by atoms with Crippen LogP contribution >= 0.6 is 0 Å². The lowest BCUT2D eigenvalue weighted by Crippen LogP contribution is -2.54. The van der Waals surface area contributed by atoms with Crippen molar-refractivity contribution in [1.29, 1.82) is 0 Å². The third-order valence-corrected chi connectivity index (χ3v) is 5.86. The van der Waals surface area contributed by atoms with E-state index in [0.717, 1.165) is 5.56 Å². The normalized spacial score (nSPS) is 18.1. The van der Waals surface area contributed by atoms with Crippen molar-refractivity contribution in [3.8, 4) is 17.4 Å². The van der Waals surface area contributed by atoms with Gasteiger partial charge in [0.1, 0.15) is 23.3 Å². The number of anilines is 1. The lowest BCUT2D eigenvalue weighted by Gasteiger charge is -2.35. The minimum atomic E-state index is -0.991. The number of piperazine rings is 1. The van der Waals surface area contributed by atoms with Crippen LogP contribution in [0, 0.1) is 12.7 Å². The first kappa shape index (κ1) is 19.7. The van der Waals surface area contributed by atoms with Gasteiger partial charge in [-0.15, -0.1) is 0 Å². The monoisotopic (exact) mass is 426 g/mol. The van der Waals surface area contributed by atoms with E-state index in [0.29, 0.717) is 36.8 Å². The number of pyridine rings is 2. The lowest BCUT2D eigenvalue weighted by molar-refractivity contribution is 0.262. The standard InChI is InChI=1S/C21H23FN6O3/c1-10(2)15-16(11(3)4-5-24-15)28-17-13-18(25-21(28)30)27-7-6-23-8-12(27)9-31-20(13)26-19(29)14(17)22/h4-5,10,12,23H,6-9H2,1-3H3,(H,26,29)/t12-/m0/s1. The highest BCUT2D eigenvalue weighted by molar-refractivity contribution is 5.96. The second-order valence-electron chi connectivity index (χ2n) is 8.21. The van der Waals surface area contributed by atoms with E-state index in [1.54, 1.807) is 12.3 Å². The van der Waals surface area contributed by atoms with Gasteiger partial charge < -0.3 is 20.1 Å². The summed E-state index contributed by atoms with van der Waals surface area (Å²) in [5, 5.41) is 13.8. The van der Waals surface area contributed by atoms with E-state index in [1.165, 1.54) is 4.57 Å². The van der Waals surface area contributed by atoms with Crippen molar-refractivity contribution in [3.05, 3.63) is 39.8 Å². The average Bonchev–Trinajstić information content (AvgIpc) is 2.89. The van der Waals surface area contributed by atoms with Crippen molar-refractivity contribution in [3.63, 3.8) is 0 Å². The Balaban J connectivity index is 1.94. The molecular weight excluding hydrogens is 403 g/mol. The number of halogens is 1. The van der Waals surface area contributed by atoms with Gasteiger partial charge in [0.25, 0.3) is 5.88 Å². The molecule has 2 aliphatic heterocycles. The predicted octanol–water partition coefficient (Wildman–Crippen LogP) is 1.62. The number of aromatic nitrogens is 4. The van der Waals surface area contributed by atoms with Gasteiger partial charge in [0, 0.05) is 25.8 Å². The molecule has 0 spiro atoms. The number of nitrogens with one attached hydrogen (secondary N) is 1. The fourth-order valence-corrected chi connectivity index (χ4v) is 4.39. The molecule has 1 atom stereocenters. The summed E-state index contributed by atoms with van der Waals surface area (Å²) in [6.45, 7) is 7.92. The third kappa shape index (κ3) is 2.93. The van der Waals surface area contributed by atoms with E-state index >= 15 is 4.39 Å². The first-order valence-electron chi connectivity index (χ1n) is 10.3. The van der Waals surface area contributed by atoms with Gasteiger partial charge >= 0.3 is 5.69 Å². The second kappa shape index (κ2) is 7.16. The number of rotatable bonds is 2. The summed E-state index contributed by atoms with van der Waals surface area (Å²) in [7, 11) is 0. The van der Waals surface area contributed by atoms with Crippen molar-refractivity contribution in [2.45, 2.75) is 32.7 Å². The molecule has 162 valence electrons. The number of ether oxygens (including phenoxy) is 1. The summed E-state index contributed by atoms with van der Waals surface area (Å²) in [4.78, 5) is 28.1. The maximum absolute atomic E-state index is 15.5. The van der Waals surface area contributed by atoms with Gasteiger partial charge in [0.2, 0.25) is 11.7 Å². The maximum Gasteiger partial charge on any atom is 0.354 e. The van der Waals surface area contributed by atoms with Crippen LogP contribution in [0.3, 0.4) is 0 Å². The number of nitrogens with zero attached hydrogens (tertiary/aromatic N) is 5. The molecule has 3 aromatic heterocycles. The average molecular weight is 426 g/mol. The molecule has 3 aromatic rings. The Morgan fingerprint density at radius 3 is 2.94 bits per heavy atom. The van der Waals surface area contributed by atoms with E-state index in [2.05, 4.69) is 20.3 Å². The molecule has 0 aliphatic carbocycles. The van der Waals surface area contributed by atoms with Crippen LogP contribution in [-0.4, -0.2) is 56.9 Å². The van der Waals surface area contributed by atoms with Crippen LogP contribution in [0.4, 0.5) is 10.2 Å². The van der Waals surface area contributed by atoms with Crippen molar-refractivity contribution in [2.24, 2.45) is 0 Å². The minimum absolute atomic E-state index is 0.0287. The molecule has 5 rings (SSSR count). The van der Waals surface area contributed by atoms with Crippen LogP contribution < -0.4 is 20.6 Å². The van der Waals surface area contributed by atoms with Crippen molar-refractivity contribution >= 4 is 16.7 Å². The molecule has 0 amide bonds. The largest absolute Gasteiger partial charge is 0.491 e. The summed E-state index contributed by atoms with van der Waals surface area (Å²) in [6.07, 6.45) is 1.66. The summed E-state index contributed by atoms with van der Waals surface area (Å²) in [6, 6.07) is 1.67. The van der Waals surface area contributed by atoms with Crippen LogP contribution in [0.15, 0.2) is 17.1 Å². The first-order chi connectivity index (χ1) is 14.9. The van der Waals surface area contributed by atoms with E-state index in [1.807, 2.05) is 25.7 Å². The summed E-state index contributed by atoms with van der Waals surface area (Å²) in [5.74, 6) is -1.45. The number of hydrogen-bond donors (Lipinski definition) is 2. The number of fused-ring (bicyclic) bond motifs is 2. The summed E-state index contributed by atoms with van der Waals surface area (Å²) in [5.41, 5.74) is 1.08. The molecule has 1 fully saturated rings. The Bertz CT molecular complexity index is 1260. The van der Waals surface area contributed by atoms with Gasteiger partial charge in [-0.05, 0) is 24.5 Å². The predicted molar refractivity (Wildman–Crippen MR) is 113 cm³/mol.